The van der Waals surface area contributed by atoms with E-state index < -0.39 is 0 Å². The Balaban J connectivity index is 2.58. The van der Waals surface area contributed by atoms with Crippen LogP contribution in [0, 0.1) is 6.92 Å². The molecule has 0 saturated heterocycles. The molecule has 1 aromatic rings. The van der Waals surface area contributed by atoms with Crippen molar-refractivity contribution in [2.45, 2.75) is 13.5 Å². The van der Waals surface area contributed by atoms with Crippen molar-refractivity contribution in [2.24, 2.45) is 0 Å². The second-order valence-electron chi connectivity index (χ2n) is 4.71. The molecule has 6 heteroatoms. The Bertz CT molecular complexity index is 437. The first-order chi connectivity index (χ1) is 9.58. The van der Waals surface area contributed by atoms with Crippen molar-refractivity contribution in [1.82, 2.24) is 15.6 Å². The smallest absolute Gasteiger partial charge is 0.239 e. The standard InChI is InChI=1S/C14H24N4O2/c1-11-7-12(8-15-2)9-17-14(11)18(3)10-13(19)16-5-6-20-4/h7,9,15H,5-6,8,10H2,1-4H3,(H,16,19). The van der Waals surface area contributed by atoms with Gasteiger partial charge in [-0.2, -0.15) is 0 Å². The van der Waals surface area contributed by atoms with Crippen LogP contribution < -0.4 is 15.5 Å². The summed E-state index contributed by atoms with van der Waals surface area (Å²) < 4.78 is 4.89. The fourth-order valence-corrected chi connectivity index (χ4v) is 1.96. The maximum absolute atomic E-state index is 11.7. The summed E-state index contributed by atoms with van der Waals surface area (Å²) in [5.74, 6) is 0.789. The molecule has 0 aliphatic carbocycles. The number of methoxy groups -OCH3 is 1. The maximum Gasteiger partial charge on any atom is 0.239 e. The second-order valence-corrected chi connectivity index (χ2v) is 4.71. The van der Waals surface area contributed by atoms with E-state index in [0.29, 0.717) is 13.2 Å². The number of nitrogens with one attached hydrogen (secondary N) is 2. The van der Waals surface area contributed by atoms with Crippen molar-refractivity contribution in [3.8, 4) is 0 Å². The number of pyridine rings is 1. The molecule has 2 N–H and O–H groups in total. The van der Waals surface area contributed by atoms with Crippen LogP contribution in [0.4, 0.5) is 5.82 Å². The molecule has 1 amide bonds. The number of carbonyl (C=O) groups excluding carboxylic acids is 1. The van der Waals surface area contributed by atoms with E-state index in [-0.39, 0.29) is 12.5 Å². The van der Waals surface area contributed by atoms with Gasteiger partial charge in [0.25, 0.3) is 0 Å². The minimum Gasteiger partial charge on any atom is -0.383 e. The Kier molecular flexibility index (Phi) is 6.97. The van der Waals surface area contributed by atoms with Crippen molar-refractivity contribution >= 4 is 11.7 Å². The van der Waals surface area contributed by atoms with Gasteiger partial charge in [0.1, 0.15) is 5.82 Å². The van der Waals surface area contributed by atoms with Crippen LogP contribution in [-0.2, 0) is 16.1 Å². The van der Waals surface area contributed by atoms with Gasteiger partial charge in [0.05, 0.1) is 13.2 Å². The molecule has 1 heterocycles. The van der Waals surface area contributed by atoms with Crippen LogP contribution in [0.2, 0.25) is 0 Å². The summed E-state index contributed by atoms with van der Waals surface area (Å²) in [4.78, 5) is 18.0. The highest BCUT2D eigenvalue weighted by molar-refractivity contribution is 5.81. The average Bonchev–Trinajstić information content (AvgIpc) is 2.39. The van der Waals surface area contributed by atoms with Crippen LogP contribution in [0.5, 0.6) is 0 Å². The zero-order valence-corrected chi connectivity index (χ0v) is 12.7. The average molecular weight is 280 g/mol. The van der Waals surface area contributed by atoms with Crippen LogP contribution in [0.1, 0.15) is 11.1 Å². The molecule has 0 radical (unpaired) electrons. The summed E-state index contributed by atoms with van der Waals surface area (Å²) in [6.07, 6.45) is 1.83. The molecule has 0 aliphatic heterocycles. The monoisotopic (exact) mass is 280 g/mol. The fourth-order valence-electron chi connectivity index (χ4n) is 1.96. The molecule has 0 saturated carbocycles. The molecule has 20 heavy (non-hydrogen) atoms. The zero-order valence-electron chi connectivity index (χ0n) is 12.7. The third-order valence-corrected chi connectivity index (χ3v) is 2.86. The Morgan fingerprint density at radius 1 is 1.50 bits per heavy atom. The second kappa shape index (κ2) is 8.50. The first kappa shape index (κ1) is 16.4. The predicted octanol–water partition coefficient (Wildman–Crippen LogP) is 0.308. The Morgan fingerprint density at radius 3 is 2.85 bits per heavy atom. The van der Waals surface area contributed by atoms with Crippen LogP contribution in [0.3, 0.4) is 0 Å². The summed E-state index contributed by atoms with van der Waals surface area (Å²) in [7, 11) is 5.38. The number of likely N-dealkylation sites (N-methyl/N-ethyl adjacent to an activating group) is 1. The van der Waals surface area contributed by atoms with E-state index in [1.54, 1.807) is 7.11 Å². The van der Waals surface area contributed by atoms with E-state index in [1.165, 1.54) is 0 Å². The quantitative estimate of drug-likeness (QED) is 0.671. The molecular weight excluding hydrogens is 256 g/mol. The molecule has 0 aromatic carbocycles. The van der Waals surface area contributed by atoms with Crippen molar-refractivity contribution in [2.75, 3.05) is 45.8 Å². The van der Waals surface area contributed by atoms with Gasteiger partial charge in [-0.3, -0.25) is 4.79 Å². The van der Waals surface area contributed by atoms with Crippen LogP contribution >= 0.6 is 0 Å². The lowest BCUT2D eigenvalue weighted by atomic mass is 10.2. The number of rotatable bonds is 8. The van der Waals surface area contributed by atoms with Gasteiger partial charge < -0.3 is 20.3 Å². The van der Waals surface area contributed by atoms with Gasteiger partial charge in [-0.05, 0) is 31.2 Å². The van der Waals surface area contributed by atoms with Crippen LogP contribution in [-0.4, -0.2) is 51.8 Å². The number of aromatic nitrogens is 1. The van der Waals surface area contributed by atoms with E-state index >= 15 is 0 Å². The van der Waals surface area contributed by atoms with Crippen molar-refractivity contribution in [3.05, 3.63) is 23.4 Å². The largest absolute Gasteiger partial charge is 0.383 e. The molecule has 1 rings (SSSR count). The summed E-state index contributed by atoms with van der Waals surface area (Å²) in [5, 5.41) is 5.88. The van der Waals surface area contributed by atoms with Gasteiger partial charge in [0.2, 0.25) is 5.91 Å². The third-order valence-electron chi connectivity index (χ3n) is 2.86. The number of hydrogen-bond donors (Lipinski definition) is 2. The summed E-state index contributed by atoms with van der Waals surface area (Å²) in [6.45, 7) is 4.11. The molecule has 6 nitrogen and oxygen atoms in total. The maximum atomic E-state index is 11.7. The summed E-state index contributed by atoms with van der Waals surface area (Å²) >= 11 is 0. The SMILES string of the molecule is CNCc1cnc(N(C)CC(=O)NCCOC)c(C)c1. The minimum absolute atomic E-state index is 0.0370. The van der Waals surface area contributed by atoms with Gasteiger partial charge in [-0.25, -0.2) is 4.98 Å². The van der Waals surface area contributed by atoms with E-state index in [9.17, 15) is 4.79 Å². The molecule has 0 unspecified atom stereocenters. The van der Waals surface area contributed by atoms with E-state index in [0.717, 1.165) is 23.5 Å². The van der Waals surface area contributed by atoms with E-state index in [2.05, 4.69) is 21.7 Å². The lowest BCUT2D eigenvalue weighted by Crippen LogP contribution is -2.37. The number of amides is 1. The number of ether oxygens (including phenoxy) is 1. The molecular formula is C14H24N4O2. The number of carbonyl (C=O) groups is 1. The highest BCUT2D eigenvalue weighted by Crippen LogP contribution is 2.16. The lowest BCUT2D eigenvalue weighted by Gasteiger charge is -2.20. The topological polar surface area (TPSA) is 66.5 Å². The van der Waals surface area contributed by atoms with Crippen LogP contribution in [0.25, 0.3) is 0 Å². The molecule has 0 atom stereocenters. The zero-order chi connectivity index (χ0) is 15.0. The normalized spacial score (nSPS) is 10.4. The molecule has 0 spiro atoms. The Hall–Kier alpha value is -1.66. The number of nitrogens with zero attached hydrogens (tertiary/aromatic N) is 2. The molecule has 0 aliphatic rings. The Labute approximate surface area is 120 Å². The van der Waals surface area contributed by atoms with Gasteiger partial charge in [-0.15, -0.1) is 0 Å². The highest BCUT2D eigenvalue weighted by atomic mass is 16.5. The van der Waals surface area contributed by atoms with Gasteiger partial charge >= 0.3 is 0 Å². The third kappa shape index (κ3) is 5.14. The Morgan fingerprint density at radius 2 is 2.25 bits per heavy atom. The number of hydrogen-bond acceptors (Lipinski definition) is 5. The molecule has 112 valence electrons. The van der Waals surface area contributed by atoms with Gasteiger partial charge in [0, 0.05) is 33.4 Å². The van der Waals surface area contributed by atoms with E-state index in [1.807, 2.05) is 32.1 Å². The molecule has 0 bridgehead atoms. The highest BCUT2D eigenvalue weighted by Gasteiger charge is 2.11. The minimum atomic E-state index is -0.0370. The summed E-state index contributed by atoms with van der Waals surface area (Å²) in [6, 6.07) is 2.08. The van der Waals surface area contributed by atoms with Crippen LogP contribution in [0.15, 0.2) is 12.3 Å². The summed E-state index contributed by atoms with van der Waals surface area (Å²) in [5.41, 5.74) is 2.19. The first-order valence-electron chi connectivity index (χ1n) is 6.65. The fraction of sp³-hybridized carbons (Fsp3) is 0.571. The number of anilines is 1. The van der Waals surface area contributed by atoms with E-state index in [4.69, 9.17) is 4.74 Å². The van der Waals surface area contributed by atoms with Crippen molar-refractivity contribution in [1.29, 1.82) is 0 Å². The van der Waals surface area contributed by atoms with Crippen molar-refractivity contribution in [3.63, 3.8) is 0 Å². The first-order valence-corrected chi connectivity index (χ1v) is 6.65. The predicted molar refractivity (Wildman–Crippen MR) is 79.9 cm³/mol. The van der Waals surface area contributed by atoms with Gasteiger partial charge in [0.15, 0.2) is 0 Å². The molecule has 1 aromatic heterocycles. The molecule has 0 fully saturated rings. The van der Waals surface area contributed by atoms with Gasteiger partial charge in [-0.1, -0.05) is 0 Å². The lowest BCUT2D eigenvalue weighted by molar-refractivity contribution is -0.119. The van der Waals surface area contributed by atoms with Crippen molar-refractivity contribution < 1.29 is 9.53 Å². The number of aryl methyl sites for hydroxylation is 1.